The Morgan fingerprint density at radius 2 is 1.83 bits per heavy atom. The molecule has 0 unspecified atom stereocenters. The van der Waals surface area contributed by atoms with Crippen molar-refractivity contribution in [3.05, 3.63) is 70.5 Å². The fourth-order valence-electron chi connectivity index (χ4n) is 2.56. The molecule has 0 saturated heterocycles. The highest BCUT2D eigenvalue weighted by Crippen LogP contribution is 2.26. The van der Waals surface area contributed by atoms with Crippen LogP contribution < -0.4 is 5.56 Å². The smallest absolute Gasteiger partial charge is 0.295 e. The van der Waals surface area contributed by atoms with Gasteiger partial charge in [0.05, 0.1) is 0 Å². The lowest BCUT2D eigenvalue weighted by atomic mass is 10.2. The van der Waals surface area contributed by atoms with Crippen molar-refractivity contribution in [1.29, 1.82) is 0 Å². The van der Waals surface area contributed by atoms with Crippen LogP contribution in [0.2, 0.25) is 0 Å². The predicted molar refractivity (Wildman–Crippen MR) is 93.0 cm³/mol. The third kappa shape index (κ3) is 2.75. The molecule has 0 radical (unpaired) electrons. The Morgan fingerprint density at radius 3 is 2.70 bits per heavy atom. The van der Waals surface area contributed by atoms with Gasteiger partial charge in [-0.05, 0) is 24.1 Å². The lowest BCUT2D eigenvalue weighted by Gasteiger charge is -2.01. The molecule has 4 nitrogen and oxygen atoms in total. The number of aryl methyl sites for hydroxylation is 1. The SMILES string of the molecule is O=c1[nH]c(SCCc2ccccc2)nc2c1oc1ccccc12. The van der Waals surface area contributed by atoms with Crippen molar-refractivity contribution in [2.75, 3.05) is 5.75 Å². The van der Waals surface area contributed by atoms with E-state index in [2.05, 4.69) is 22.1 Å². The maximum atomic E-state index is 12.2. The Kier molecular flexibility index (Phi) is 3.63. The Labute approximate surface area is 136 Å². The molecule has 4 aromatic rings. The maximum Gasteiger partial charge on any atom is 0.295 e. The van der Waals surface area contributed by atoms with Gasteiger partial charge in [0.1, 0.15) is 11.1 Å². The summed E-state index contributed by atoms with van der Waals surface area (Å²) in [6.45, 7) is 0. The Bertz CT molecular complexity index is 1020. The second-order valence-corrected chi connectivity index (χ2v) is 6.31. The molecule has 5 heteroatoms. The van der Waals surface area contributed by atoms with Crippen molar-refractivity contribution in [2.45, 2.75) is 11.6 Å². The predicted octanol–water partition coefficient (Wildman–Crippen LogP) is 4.00. The van der Waals surface area contributed by atoms with Crippen LogP contribution in [0.25, 0.3) is 22.1 Å². The lowest BCUT2D eigenvalue weighted by molar-refractivity contribution is 0.658. The van der Waals surface area contributed by atoms with E-state index in [0.29, 0.717) is 21.8 Å². The van der Waals surface area contributed by atoms with Crippen LogP contribution in [0.1, 0.15) is 5.56 Å². The monoisotopic (exact) mass is 322 g/mol. The summed E-state index contributed by atoms with van der Waals surface area (Å²) < 4.78 is 5.60. The van der Waals surface area contributed by atoms with Gasteiger partial charge in [-0.2, -0.15) is 0 Å². The maximum absolute atomic E-state index is 12.2. The van der Waals surface area contributed by atoms with E-state index in [1.807, 2.05) is 42.5 Å². The van der Waals surface area contributed by atoms with E-state index in [0.717, 1.165) is 17.6 Å². The second kappa shape index (κ2) is 5.93. The lowest BCUT2D eigenvalue weighted by Crippen LogP contribution is -2.08. The molecule has 2 aromatic heterocycles. The Morgan fingerprint density at radius 1 is 1.04 bits per heavy atom. The molecule has 0 bridgehead atoms. The third-order valence-corrected chi connectivity index (χ3v) is 4.56. The topological polar surface area (TPSA) is 58.9 Å². The van der Waals surface area contributed by atoms with Crippen molar-refractivity contribution in [3.63, 3.8) is 0 Å². The van der Waals surface area contributed by atoms with Gasteiger partial charge in [0.25, 0.3) is 5.56 Å². The zero-order chi connectivity index (χ0) is 15.6. The molecule has 0 aliphatic rings. The number of hydrogen-bond acceptors (Lipinski definition) is 4. The number of thioether (sulfide) groups is 1. The fourth-order valence-corrected chi connectivity index (χ4v) is 3.41. The average Bonchev–Trinajstić information content (AvgIpc) is 2.96. The highest BCUT2D eigenvalue weighted by Gasteiger charge is 2.12. The summed E-state index contributed by atoms with van der Waals surface area (Å²) in [6.07, 6.45) is 0.930. The van der Waals surface area contributed by atoms with Gasteiger partial charge in [-0.15, -0.1) is 0 Å². The minimum absolute atomic E-state index is 0.228. The minimum atomic E-state index is -0.228. The van der Waals surface area contributed by atoms with Gasteiger partial charge < -0.3 is 4.42 Å². The van der Waals surface area contributed by atoms with Crippen molar-refractivity contribution in [2.24, 2.45) is 0 Å². The summed E-state index contributed by atoms with van der Waals surface area (Å²) in [5, 5.41) is 1.50. The second-order valence-electron chi connectivity index (χ2n) is 5.23. The molecule has 0 aliphatic carbocycles. The standard InChI is InChI=1S/C18H14N2O2S/c21-17-16-15(13-8-4-5-9-14(13)22-16)19-18(20-17)23-11-10-12-6-2-1-3-7-12/h1-9H,10-11H2,(H,19,20,21). The number of furan rings is 1. The quantitative estimate of drug-likeness (QED) is 0.456. The first kappa shape index (κ1) is 14.1. The van der Waals surface area contributed by atoms with Crippen LogP contribution in [0.5, 0.6) is 0 Å². The first-order valence-corrected chi connectivity index (χ1v) is 8.38. The number of para-hydroxylation sites is 1. The van der Waals surface area contributed by atoms with E-state index in [4.69, 9.17) is 4.42 Å². The fraction of sp³-hybridized carbons (Fsp3) is 0.111. The largest absolute Gasteiger partial charge is 0.449 e. The number of aromatic amines is 1. The molecular weight excluding hydrogens is 308 g/mol. The molecule has 0 aliphatic heterocycles. The van der Waals surface area contributed by atoms with Gasteiger partial charge in [-0.25, -0.2) is 4.98 Å². The molecule has 0 amide bonds. The number of rotatable bonds is 4. The van der Waals surface area contributed by atoms with E-state index in [1.54, 1.807) is 11.8 Å². The van der Waals surface area contributed by atoms with Crippen molar-refractivity contribution in [1.82, 2.24) is 9.97 Å². The molecule has 0 saturated carbocycles. The summed E-state index contributed by atoms with van der Waals surface area (Å²) in [6, 6.07) is 17.8. The molecule has 114 valence electrons. The molecule has 0 fully saturated rings. The van der Waals surface area contributed by atoms with Crippen LogP contribution in [0.3, 0.4) is 0 Å². The number of nitrogens with zero attached hydrogens (tertiary/aromatic N) is 1. The van der Waals surface area contributed by atoms with E-state index in [-0.39, 0.29) is 5.56 Å². The van der Waals surface area contributed by atoms with Gasteiger partial charge in [-0.3, -0.25) is 9.78 Å². The number of H-pyrrole nitrogens is 1. The van der Waals surface area contributed by atoms with Crippen LogP contribution in [0, 0.1) is 0 Å². The molecule has 0 atom stereocenters. The number of aromatic nitrogens is 2. The van der Waals surface area contributed by atoms with E-state index < -0.39 is 0 Å². The number of fused-ring (bicyclic) bond motifs is 3. The van der Waals surface area contributed by atoms with Crippen LogP contribution in [-0.4, -0.2) is 15.7 Å². The minimum Gasteiger partial charge on any atom is -0.449 e. The molecule has 23 heavy (non-hydrogen) atoms. The summed E-state index contributed by atoms with van der Waals surface area (Å²) in [5.41, 5.74) is 2.66. The third-order valence-electron chi connectivity index (χ3n) is 3.68. The van der Waals surface area contributed by atoms with Crippen molar-refractivity contribution >= 4 is 33.8 Å². The average molecular weight is 322 g/mol. The van der Waals surface area contributed by atoms with Gasteiger partial charge in [0.2, 0.25) is 5.58 Å². The summed E-state index contributed by atoms with van der Waals surface area (Å²) in [7, 11) is 0. The number of hydrogen-bond donors (Lipinski definition) is 1. The summed E-state index contributed by atoms with van der Waals surface area (Å²) in [5.74, 6) is 0.855. The molecular formula is C18H14N2O2S. The first-order valence-electron chi connectivity index (χ1n) is 7.39. The van der Waals surface area contributed by atoms with Gasteiger partial charge in [0.15, 0.2) is 5.16 Å². The van der Waals surface area contributed by atoms with Gasteiger partial charge in [-0.1, -0.05) is 54.2 Å². The zero-order valence-electron chi connectivity index (χ0n) is 12.3. The van der Waals surface area contributed by atoms with Crippen LogP contribution in [0.15, 0.2) is 69.0 Å². The number of nitrogens with one attached hydrogen (secondary N) is 1. The van der Waals surface area contributed by atoms with E-state index >= 15 is 0 Å². The normalized spacial score (nSPS) is 11.3. The molecule has 4 rings (SSSR count). The molecule has 2 aromatic carbocycles. The number of benzene rings is 2. The van der Waals surface area contributed by atoms with Crippen LogP contribution >= 0.6 is 11.8 Å². The zero-order valence-corrected chi connectivity index (χ0v) is 13.1. The summed E-state index contributed by atoms with van der Waals surface area (Å²) >= 11 is 1.55. The van der Waals surface area contributed by atoms with Crippen molar-refractivity contribution in [3.8, 4) is 0 Å². The van der Waals surface area contributed by atoms with Crippen molar-refractivity contribution < 1.29 is 4.42 Å². The molecule has 0 spiro atoms. The van der Waals surface area contributed by atoms with E-state index in [1.165, 1.54) is 5.56 Å². The van der Waals surface area contributed by atoms with Crippen LogP contribution in [-0.2, 0) is 6.42 Å². The highest BCUT2D eigenvalue weighted by atomic mass is 32.2. The Balaban J connectivity index is 1.63. The van der Waals surface area contributed by atoms with Crippen LogP contribution in [0.4, 0.5) is 0 Å². The Hall–Kier alpha value is -2.53. The van der Waals surface area contributed by atoms with Gasteiger partial charge in [0, 0.05) is 11.1 Å². The van der Waals surface area contributed by atoms with E-state index in [9.17, 15) is 4.79 Å². The molecule has 1 N–H and O–H groups in total. The highest BCUT2D eigenvalue weighted by molar-refractivity contribution is 7.99. The van der Waals surface area contributed by atoms with Gasteiger partial charge >= 0.3 is 0 Å². The molecule has 2 heterocycles. The first-order chi connectivity index (χ1) is 11.3. The summed E-state index contributed by atoms with van der Waals surface area (Å²) in [4.78, 5) is 19.6.